The van der Waals surface area contributed by atoms with Crippen LogP contribution in [0.1, 0.15) is 5.56 Å². The first-order valence-corrected chi connectivity index (χ1v) is 6.55. The minimum Gasteiger partial charge on any atom is -0.406 e. The molecule has 0 radical (unpaired) electrons. The van der Waals surface area contributed by atoms with Crippen molar-refractivity contribution in [3.8, 4) is 16.9 Å². The van der Waals surface area contributed by atoms with Crippen LogP contribution >= 0.6 is 22.6 Å². The second kappa shape index (κ2) is 5.40. The van der Waals surface area contributed by atoms with E-state index in [0.29, 0.717) is 0 Å². The summed E-state index contributed by atoms with van der Waals surface area (Å²) in [6.45, 7) is 1.99. The number of rotatable bonds is 2. The van der Waals surface area contributed by atoms with Gasteiger partial charge in [0, 0.05) is 3.57 Å². The minimum absolute atomic E-state index is 0.210. The predicted octanol–water partition coefficient (Wildman–Crippen LogP) is 5.17. The van der Waals surface area contributed by atoms with Crippen LogP contribution in [0.25, 0.3) is 11.1 Å². The van der Waals surface area contributed by atoms with Gasteiger partial charge in [-0.25, -0.2) is 0 Å². The lowest BCUT2D eigenvalue weighted by atomic mass is 10.0. The molecule has 0 aromatic heterocycles. The van der Waals surface area contributed by atoms with Crippen molar-refractivity contribution in [3.63, 3.8) is 0 Å². The van der Waals surface area contributed by atoms with Crippen molar-refractivity contribution in [1.82, 2.24) is 0 Å². The summed E-state index contributed by atoms with van der Waals surface area (Å²) in [6, 6.07) is 11.8. The van der Waals surface area contributed by atoms with Crippen LogP contribution in [0.2, 0.25) is 0 Å². The molecule has 0 aliphatic rings. The molecule has 0 aliphatic heterocycles. The molecule has 0 spiro atoms. The summed E-state index contributed by atoms with van der Waals surface area (Å²) in [6.07, 6.45) is -4.65. The van der Waals surface area contributed by atoms with E-state index in [1.165, 1.54) is 12.1 Å². The highest BCUT2D eigenvalue weighted by Gasteiger charge is 2.30. The van der Waals surface area contributed by atoms with Crippen LogP contribution in [0, 0.1) is 10.5 Å². The van der Waals surface area contributed by atoms with Gasteiger partial charge >= 0.3 is 6.36 Å². The van der Waals surface area contributed by atoms with Crippen LogP contribution in [-0.4, -0.2) is 6.36 Å². The Morgan fingerprint density at radius 1 is 1.00 bits per heavy atom. The van der Waals surface area contributed by atoms with Crippen LogP contribution in [0.5, 0.6) is 5.75 Å². The Hall–Kier alpha value is -1.24. The van der Waals surface area contributed by atoms with Crippen molar-refractivity contribution in [1.29, 1.82) is 0 Å². The number of hydrogen-bond acceptors (Lipinski definition) is 1. The number of aryl methyl sites for hydroxylation is 1. The number of ether oxygens (including phenoxy) is 1. The smallest absolute Gasteiger partial charge is 0.406 e. The van der Waals surface area contributed by atoms with E-state index in [4.69, 9.17) is 0 Å². The molecule has 0 atom stereocenters. The Labute approximate surface area is 122 Å². The van der Waals surface area contributed by atoms with Crippen LogP contribution in [0.15, 0.2) is 42.5 Å². The van der Waals surface area contributed by atoms with Gasteiger partial charge in [0.05, 0.1) is 0 Å². The lowest BCUT2D eigenvalue weighted by molar-refractivity contribution is -0.274. The van der Waals surface area contributed by atoms with E-state index in [9.17, 15) is 13.2 Å². The Balaban J connectivity index is 2.27. The molecule has 5 heteroatoms. The van der Waals surface area contributed by atoms with E-state index < -0.39 is 6.36 Å². The number of halogens is 4. The lowest BCUT2D eigenvalue weighted by Gasteiger charge is -2.10. The monoisotopic (exact) mass is 378 g/mol. The SMILES string of the molecule is Cc1ccc(-c2ccc(OC(F)(F)F)cc2)c(I)c1. The van der Waals surface area contributed by atoms with Gasteiger partial charge in [-0.05, 0) is 58.8 Å². The Kier molecular flexibility index (Phi) is 4.03. The van der Waals surface area contributed by atoms with E-state index in [1.807, 2.05) is 25.1 Å². The van der Waals surface area contributed by atoms with Gasteiger partial charge in [-0.2, -0.15) is 0 Å². The second-order valence-electron chi connectivity index (χ2n) is 4.06. The molecule has 0 heterocycles. The fourth-order valence-corrected chi connectivity index (χ4v) is 2.67. The largest absolute Gasteiger partial charge is 0.573 e. The van der Waals surface area contributed by atoms with Crippen molar-refractivity contribution < 1.29 is 17.9 Å². The summed E-state index contributed by atoms with van der Waals surface area (Å²) in [4.78, 5) is 0. The van der Waals surface area contributed by atoms with E-state index in [1.54, 1.807) is 12.1 Å². The summed E-state index contributed by atoms with van der Waals surface area (Å²) in [5.41, 5.74) is 2.99. The molecule has 0 aliphatic carbocycles. The topological polar surface area (TPSA) is 9.23 Å². The highest BCUT2D eigenvalue weighted by atomic mass is 127. The zero-order valence-electron chi connectivity index (χ0n) is 9.96. The molecule has 0 amide bonds. The maximum Gasteiger partial charge on any atom is 0.573 e. The second-order valence-corrected chi connectivity index (χ2v) is 5.22. The third-order valence-corrected chi connectivity index (χ3v) is 3.42. The summed E-state index contributed by atoms with van der Waals surface area (Å²) in [5.74, 6) is -0.210. The molecule has 0 saturated heterocycles. The molecule has 19 heavy (non-hydrogen) atoms. The maximum atomic E-state index is 12.0. The van der Waals surface area contributed by atoms with E-state index in [-0.39, 0.29) is 5.75 Å². The first kappa shape index (κ1) is 14.2. The maximum absolute atomic E-state index is 12.0. The third-order valence-electron chi connectivity index (χ3n) is 2.52. The van der Waals surface area contributed by atoms with Crippen molar-refractivity contribution in [2.45, 2.75) is 13.3 Å². The summed E-state index contributed by atoms with van der Waals surface area (Å²) >= 11 is 2.21. The third kappa shape index (κ3) is 3.86. The van der Waals surface area contributed by atoms with Gasteiger partial charge in [0.15, 0.2) is 0 Å². The lowest BCUT2D eigenvalue weighted by Crippen LogP contribution is -2.16. The molecule has 100 valence electrons. The van der Waals surface area contributed by atoms with Crippen molar-refractivity contribution in [3.05, 3.63) is 51.6 Å². The van der Waals surface area contributed by atoms with Gasteiger partial charge in [-0.15, -0.1) is 13.2 Å². The Bertz CT molecular complexity index is 576. The zero-order chi connectivity index (χ0) is 14.0. The van der Waals surface area contributed by atoms with E-state index >= 15 is 0 Å². The number of benzene rings is 2. The molecule has 2 aromatic rings. The normalized spacial score (nSPS) is 11.4. The van der Waals surface area contributed by atoms with Gasteiger partial charge in [-0.3, -0.25) is 0 Å². The van der Waals surface area contributed by atoms with Crippen LogP contribution < -0.4 is 4.74 Å². The molecule has 0 N–H and O–H groups in total. The molecule has 0 unspecified atom stereocenters. The van der Waals surface area contributed by atoms with Gasteiger partial charge in [-0.1, -0.05) is 29.8 Å². The van der Waals surface area contributed by atoms with Crippen LogP contribution in [0.3, 0.4) is 0 Å². The molecule has 1 nitrogen and oxygen atoms in total. The fraction of sp³-hybridized carbons (Fsp3) is 0.143. The summed E-state index contributed by atoms with van der Waals surface area (Å²) < 4.78 is 41.0. The standard InChI is InChI=1S/C14H10F3IO/c1-9-2-7-12(13(18)8-9)10-3-5-11(6-4-10)19-14(15,16)17/h2-8H,1H3. The van der Waals surface area contributed by atoms with E-state index in [0.717, 1.165) is 20.3 Å². The molecule has 2 rings (SSSR count). The zero-order valence-corrected chi connectivity index (χ0v) is 12.1. The first-order valence-electron chi connectivity index (χ1n) is 5.47. The van der Waals surface area contributed by atoms with Crippen LogP contribution in [-0.2, 0) is 0 Å². The molecule has 2 aromatic carbocycles. The fourth-order valence-electron chi connectivity index (χ4n) is 1.69. The summed E-state index contributed by atoms with van der Waals surface area (Å²) in [5, 5.41) is 0. The Morgan fingerprint density at radius 3 is 2.16 bits per heavy atom. The molecule has 0 saturated carbocycles. The molecule has 0 bridgehead atoms. The highest BCUT2D eigenvalue weighted by Crippen LogP contribution is 2.29. The van der Waals surface area contributed by atoms with Crippen molar-refractivity contribution in [2.24, 2.45) is 0 Å². The van der Waals surface area contributed by atoms with Crippen molar-refractivity contribution >= 4 is 22.6 Å². The quantitative estimate of drug-likeness (QED) is 0.656. The first-order chi connectivity index (χ1) is 8.85. The van der Waals surface area contributed by atoms with Gasteiger partial charge in [0.25, 0.3) is 0 Å². The number of hydrogen-bond donors (Lipinski definition) is 0. The minimum atomic E-state index is -4.65. The van der Waals surface area contributed by atoms with Crippen LogP contribution in [0.4, 0.5) is 13.2 Å². The summed E-state index contributed by atoms with van der Waals surface area (Å²) in [7, 11) is 0. The van der Waals surface area contributed by atoms with Gasteiger partial charge in [0.2, 0.25) is 0 Å². The molecular weight excluding hydrogens is 368 g/mol. The molecular formula is C14H10F3IO. The molecule has 0 fully saturated rings. The van der Waals surface area contributed by atoms with E-state index in [2.05, 4.69) is 27.3 Å². The van der Waals surface area contributed by atoms with Gasteiger partial charge in [0.1, 0.15) is 5.75 Å². The van der Waals surface area contributed by atoms with Gasteiger partial charge < -0.3 is 4.74 Å². The average Bonchev–Trinajstić information content (AvgIpc) is 2.28. The predicted molar refractivity (Wildman–Crippen MR) is 76.0 cm³/mol. The van der Waals surface area contributed by atoms with Crippen molar-refractivity contribution in [2.75, 3.05) is 0 Å². The highest BCUT2D eigenvalue weighted by molar-refractivity contribution is 14.1. The average molecular weight is 378 g/mol. The number of alkyl halides is 3. The Morgan fingerprint density at radius 2 is 1.63 bits per heavy atom.